The molecule has 1 aromatic rings. The predicted octanol–water partition coefficient (Wildman–Crippen LogP) is 0.703. The zero-order valence-electron chi connectivity index (χ0n) is 10.8. The van der Waals surface area contributed by atoms with E-state index in [1.54, 1.807) is 6.07 Å². The molecule has 2 rings (SSSR count). The first-order chi connectivity index (χ1) is 9.06. The summed E-state index contributed by atoms with van der Waals surface area (Å²) in [6.07, 6.45) is 0. The van der Waals surface area contributed by atoms with E-state index < -0.39 is 17.8 Å². The van der Waals surface area contributed by atoms with E-state index in [9.17, 15) is 14.3 Å². The summed E-state index contributed by atoms with van der Waals surface area (Å²) in [6.45, 7) is 3.25. The summed E-state index contributed by atoms with van der Waals surface area (Å²) in [5.41, 5.74) is 3.38. The maximum absolute atomic E-state index is 13.2. The molecule has 1 aromatic carbocycles. The molecular weight excluding hydrogens is 249 g/mol. The van der Waals surface area contributed by atoms with Crippen LogP contribution in [0.15, 0.2) is 24.3 Å². The summed E-state index contributed by atoms with van der Waals surface area (Å²) in [5, 5.41) is 11.2. The Morgan fingerprint density at radius 1 is 1.37 bits per heavy atom. The van der Waals surface area contributed by atoms with Crippen LogP contribution in [-0.2, 0) is 4.79 Å². The van der Waals surface area contributed by atoms with Crippen molar-refractivity contribution in [3.05, 3.63) is 35.6 Å². The Kier molecular flexibility index (Phi) is 4.47. The van der Waals surface area contributed by atoms with Crippen molar-refractivity contribution in [1.82, 2.24) is 15.3 Å². The van der Waals surface area contributed by atoms with Gasteiger partial charge in [0, 0.05) is 26.2 Å². The third-order valence-electron chi connectivity index (χ3n) is 3.24. The molecule has 0 amide bonds. The van der Waals surface area contributed by atoms with E-state index in [4.69, 9.17) is 0 Å². The molecular formula is C13H18FN3O2. The fourth-order valence-corrected chi connectivity index (χ4v) is 2.08. The van der Waals surface area contributed by atoms with E-state index >= 15 is 0 Å². The summed E-state index contributed by atoms with van der Waals surface area (Å²) in [6, 6.07) is 4.77. The van der Waals surface area contributed by atoms with Crippen LogP contribution in [0.3, 0.4) is 0 Å². The number of nitrogens with one attached hydrogen (secondary N) is 1. The number of piperazine rings is 1. The Bertz CT molecular complexity index is 447. The lowest BCUT2D eigenvalue weighted by atomic mass is 10.1. The van der Waals surface area contributed by atoms with Gasteiger partial charge in [0.15, 0.2) is 0 Å². The van der Waals surface area contributed by atoms with Crippen LogP contribution in [0.5, 0.6) is 0 Å². The molecule has 1 saturated heterocycles. The van der Waals surface area contributed by atoms with Crippen LogP contribution in [0.2, 0.25) is 0 Å². The first-order valence-corrected chi connectivity index (χ1v) is 6.24. The fraction of sp³-hybridized carbons (Fsp3) is 0.462. The molecule has 0 bridgehead atoms. The number of carboxylic acids is 1. The number of hydrazine groups is 1. The van der Waals surface area contributed by atoms with Crippen molar-refractivity contribution < 1.29 is 14.3 Å². The second-order valence-corrected chi connectivity index (χ2v) is 4.75. The number of nitrogens with zero attached hydrogens (tertiary/aromatic N) is 2. The number of hydrogen-bond donors (Lipinski definition) is 2. The molecule has 6 heteroatoms. The quantitative estimate of drug-likeness (QED) is 0.841. The first-order valence-electron chi connectivity index (χ1n) is 6.24. The van der Waals surface area contributed by atoms with Gasteiger partial charge in [-0.25, -0.2) is 14.8 Å². The highest BCUT2D eigenvalue weighted by molar-refractivity contribution is 5.75. The summed E-state index contributed by atoms with van der Waals surface area (Å²) in [5.74, 6) is -1.44. The molecule has 0 aliphatic carbocycles. The van der Waals surface area contributed by atoms with E-state index in [1.807, 2.05) is 12.1 Å². The smallest absolute Gasteiger partial charge is 0.326 e. The van der Waals surface area contributed by atoms with Crippen LogP contribution in [-0.4, -0.2) is 54.2 Å². The molecule has 1 heterocycles. The molecule has 19 heavy (non-hydrogen) atoms. The van der Waals surface area contributed by atoms with Gasteiger partial charge in [0.1, 0.15) is 11.9 Å². The van der Waals surface area contributed by atoms with Gasteiger partial charge in [-0.2, -0.15) is 0 Å². The number of rotatable bonds is 4. The van der Waals surface area contributed by atoms with Gasteiger partial charge in [-0.3, -0.25) is 4.79 Å². The van der Waals surface area contributed by atoms with Crippen LogP contribution in [0, 0.1) is 5.82 Å². The van der Waals surface area contributed by atoms with E-state index in [1.165, 1.54) is 18.2 Å². The van der Waals surface area contributed by atoms with Crippen LogP contribution < -0.4 is 5.43 Å². The van der Waals surface area contributed by atoms with E-state index in [2.05, 4.69) is 10.3 Å². The summed E-state index contributed by atoms with van der Waals surface area (Å²) < 4.78 is 13.2. The normalized spacial score (nSPS) is 19.3. The highest BCUT2D eigenvalue weighted by atomic mass is 19.1. The van der Waals surface area contributed by atoms with Crippen molar-refractivity contribution in [2.24, 2.45) is 0 Å². The van der Waals surface area contributed by atoms with Crippen LogP contribution in [0.25, 0.3) is 0 Å². The standard InChI is InChI=1S/C13H18FN3O2/c1-16-5-7-17(8-6-16)15-12(13(18)19)10-3-2-4-11(14)9-10/h2-4,9,12,15H,5-8H2,1H3,(H,18,19). The van der Waals surface area contributed by atoms with Gasteiger partial charge in [-0.15, -0.1) is 0 Å². The number of carboxylic acid groups (broad SMARTS) is 1. The zero-order valence-corrected chi connectivity index (χ0v) is 10.8. The topological polar surface area (TPSA) is 55.8 Å². The van der Waals surface area contributed by atoms with E-state index in [0.29, 0.717) is 5.56 Å². The number of hydrogen-bond acceptors (Lipinski definition) is 4. The molecule has 0 saturated carbocycles. The predicted molar refractivity (Wildman–Crippen MR) is 69.0 cm³/mol. The van der Waals surface area contributed by atoms with Gasteiger partial charge in [0.25, 0.3) is 0 Å². The highest BCUT2D eigenvalue weighted by Gasteiger charge is 2.24. The molecule has 2 N–H and O–H groups in total. The van der Waals surface area contributed by atoms with Crippen LogP contribution in [0.4, 0.5) is 4.39 Å². The van der Waals surface area contributed by atoms with Crippen molar-refractivity contribution in [2.45, 2.75) is 6.04 Å². The van der Waals surface area contributed by atoms with Crippen LogP contribution >= 0.6 is 0 Å². The zero-order chi connectivity index (χ0) is 13.8. The maximum Gasteiger partial charge on any atom is 0.326 e. The Hall–Kier alpha value is -1.50. The monoisotopic (exact) mass is 267 g/mol. The van der Waals surface area contributed by atoms with Gasteiger partial charge in [0.2, 0.25) is 0 Å². The summed E-state index contributed by atoms with van der Waals surface area (Å²) in [7, 11) is 2.03. The lowest BCUT2D eigenvalue weighted by Crippen LogP contribution is -2.52. The summed E-state index contributed by atoms with van der Waals surface area (Å²) in [4.78, 5) is 13.5. The number of halogens is 1. The number of aliphatic carboxylic acids is 1. The van der Waals surface area contributed by atoms with Gasteiger partial charge < -0.3 is 10.0 Å². The third-order valence-corrected chi connectivity index (χ3v) is 3.24. The Morgan fingerprint density at radius 3 is 2.63 bits per heavy atom. The molecule has 1 atom stereocenters. The Morgan fingerprint density at radius 2 is 2.05 bits per heavy atom. The van der Waals surface area contributed by atoms with Gasteiger partial charge >= 0.3 is 5.97 Å². The fourth-order valence-electron chi connectivity index (χ4n) is 2.08. The molecule has 0 radical (unpaired) electrons. The molecule has 1 aliphatic rings. The largest absolute Gasteiger partial charge is 0.480 e. The van der Waals surface area contributed by atoms with Crippen molar-refractivity contribution in [3.63, 3.8) is 0 Å². The van der Waals surface area contributed by atoms with Crippen LogP contribution in [0.1, 0.15) is 11.6 Å². The lowest BCUT2D eigenvalue weighted by Gasteiger charge is -2.34. The molecule has 1 fully saturated rings. The highest BCUT2D eigenvalue weighted by Crippen LogP contribution is 2.15. The van der Waals surface area contributed by atoms with E-state index in [-0.39, 0.29) is 0 Å². The molecule has 5 nitrogen and oxygen atoms in total. The SMILES string of the molecule is CN1CCN(NC(C(=O)O)c2cccc(F)c2)CC1. The molecule has 1 unspecified atom stereocenters. The Balaban J connectivity index is 2.06. The van der Waals surface area contributed by atoms with Gasteiger partial charge in [0.05, 0.1) is 0 Å². The third kappa shape index (κ3) is 3.73. The molecule has 0 spiro atoms. The second kappa shape index (κ2) is 6.10. The van der Waals surface area contributed by atoms with Gasteiger partial charge in [-0.05, 0) is 24.7 Å². The lowest BCUT2D eigenvalue weighted by molar-refractivity contribution is -0.141. The van der Waals surface area contributed by atoms with E-state index in [0.717, 1.165) is 26.2 Å². The molecule has 0 aromatic heterocycles. The minimum Gasteiger partial charge on any atom is -0.480 e. The van der Waals surface area contributed by atoms with Crippen molar-refractivity contribution in [3.8, 4) is 0 Å². The number of benzene rings is 1. The minimum atomic E-state index is -1.01. The second-order valence-electron chi connectivity index (χ2n) is 4.75. The van der Waals surface area contributed by atoms with Crippen molar-refractivity contribution >= 4 is 5.97 Å². The van der Waals surface area contributed by atoms with Gasteiger partial charge in [-0.1, -0.05) is 12.1 Å². The molecule has 1 aliphatic heterocycles. The Labute approximate surface area is 111 Å². The maximum atomic E-state index is 13.2. The van der Waals surface area contributed by atoms with Crippen molar-refractivity contribution in [2.75, 3.05) is 33.2 Å². The average molecular weight is 267 g/mol. The first kappa shape index (κ1) is 13.9. The minimum absolute atomic E-state index is 0.423. The average Bonchev–Trinajstić information content (AvgIpc) is 2.37. The van der Waals surface area contributed by atoms with Crippen molar-refractivity contribution in [1.29, 1.82) is 0 Å². The number of likely N-dealkylation sites (N-methyl/N-ethyl adjacent to an activating group) is 1. The molecule has 104 valence electrons. The number of carbonyl (C=O) groups is 1. The summed E-state index contributed by atoms with van der Waals surface area (Å²) >= 11 is 0.